The van der Waals surface area contributed by atoms with Crippen LogP contribution in [0.3, 0.4) is 0 Å². The van der Waals surface area contributed by atoms with Gasteiger partial charge < -0.3 is 10.6 Å². The minimum Gasteiger partial charge on any atom is -0.357 e. The highest BCUT2D eigenvalue weighted by Gasteiger charge is 2.03. The molecular formula is C19H25IN6. The number of aliphatic imine (C=N–C) groups is 1. The molecule has 0 spiro atoms. The molecule has 0 atom stereocenters. The van der Waals surface area contributed by atoms with Crippen LogP contribution in [0.15, 0.2) is 53.8 Å². The fraction of sp³-hybridized carbons (Fsp3) is 0.316. The Balaban J connectivity index is 0.00000243. The summed E-state index contributed by atoms with van der Waals surface area (Å²) in [6.45, 7) is 4.29. The van der Waals surface area contributed by atoms with Crippen molar-refractivity contribution in [3.8, 4) is 0 Å². The van der Waals surface area contributed by atoms with Gasteiger partial charge in [-0.3, -0.25) is 9.67 Å². The minimum atomic E-state index is 0. The highest BCUT2D eigenvalue weighted by Crippen LogP contribution is 2.15. The van der Waals surface area contributed by atoms with Crippen LogP contribution in [0.1, 0.15) is 18.2 Å². The molecule has 138 valence electrons. The largest absolute Gasteiger partial charge is 0.357 e. The van der Waals surface area contributed by atoms with Gasteiger partial charge in [-0.15, -0.1) is 24.0 Å². The summed E-state index contributed by atoms with van der Waals surface area (Å²) in [5.41, 5.74) is 3.40. The van der Waals surface area contributed by atoms with E-state index in [9.17, 15) is 0 Å². The third-order valence-electron chi connectivity index (χ3n) is 4.07. The number of halogens is 1. The molecule has 2 heterocycles. The van der Waals surface area contributed by atoms with Gasteiger partial charge >= 0.3 is 0 Å². The number of rotatable bonds is 6. The fourth-order valence-electron chi connectivity index (χ4n) is 2.74. The lowest BCUT2D eigenvalue weighted by molar-refractivity contribution is 0.707. The van der Waals surface area contributed by atoms with Crippen molar-refractivity contribution in [2.45, 2.75) is 19.9 Å². The molecule has 0 unspecified atom stereocenters. The van der Waals surface area contributed by atoms with Crippen molar-refractivity contribution in [3.05, 3.63) is 60.0 Å². The van der Waals surface area contributed by atoms with Crippen molar-refractivity contribution in [1.82, 2.24) is 25.4 Å². The van der Waals surface area contributed by atoms with Crippen molar-refractivity contribution in [2.24, 2.45) is 12.0 Å². The number of aryl methyl sites for hydroxylation is 1. The molecule has 0 radical (unpaired) electrons. The van der Waals surface area contributed by atoms with Crippen LogP contribution >= 0.6 is 24.0 Å². The number of fused-ring (bicyclic) bond motifs is 1. The Morgan fingerprint density at radius 3 is 2.73 bits per heavy atom. The summed E-state index contributed by atoms with van der Waals surface area (Å²) in [4.78, 5) is 9.14. The summed E-state index contributed by atoms with van der Waals surface area (Å²) in [6.07, 6.45) is 4.53. The first-order valence-electron chi connectivity index (χ1n) is 8.59. The lowest BCUT2D eigenvalue weighted by Gasteiger charge is -2.12. The average Bonchev–Trinajstić information content (AvgIpc) is 3.05. The zero-order valence-electron chi connectivity index (χ0n) is 15.1. The maximum atomic E-state index is 4.63. The van der Waals surface area contributed by atoms with Crippen molar-refractivity contribution < 1.29 is 0 Å². The van der Waals surface area contributed by atoms with Gasteiger partial charge in [0.05, 0.1) is 17.8 Å². The number of pyridine rings is 1. The number of nitrogens with one attached hydrogen (secondary N) is 2. The van der Waals surface area contributed by atoms with Gasteiger partial charge in [-0.05, 0) is 31.0 Å². The Morgan fingerprint density at radius 1 is 1.12 bits per heavy atom. The maximum Gasteiger partial charge on any atom is 0.191 e. The van der Waals surface area contributed by atoms with Gasteiger partial charge in [0.25, 0.3) is 0 Å². The average molecular weight is 464 g/mol. The zero-order chi connectivity index (χ0) is 17.5. The Kier molecular flexibility index (Phi) is 7.83. The number of para-hydroxylation sites is 1. The van der Waals surface area contributed by atoms with E-state index in [1.165, 1.54) is 10.9 Å². The topological polar surface area (TPSA) is 67.1 Å². The third-order valence-corrected chi connectivity index (χ3v) is 4.07. The van der Waals surface area contributed by atoms with Crippen LogP contribution in [-0.2, 0) is 20.0 Å². The number of hydrogen-bond donors (Lipinski definition) is 2. The van der Waals surface area contributed by atoms with Crippen LogP contribution in [0, 0.1) is 0 Å². The summed E-state index contributed by atoms with van der Waals surface area (Å²) < 4.78 is 1.84. The molecule has 1 aromatic carbocycles. The smallest absolute Gasteiger partial charge is 0.191 e. The van der Waals surface area contributed by atoms with E-state index in [2.05, 4.69) is 56.9 Å². The quantitative estimate of drug-likeness (QED) is 0.335. The van der Waals surface area contributed by atoms with Crippen molar-refractivity contribution >= 4 is 40.8 Å². The van der Waals surface area contributed by atoms with Crippen LogP contribution < -0.4 is 10.6 Å². The lowest BCUT2D eigenvalue weighted by atomic mass is 10.1. The van der Waals surface area contributed by atoms with Gasteiger partial charge in [0.15, 0.2) is 5.96 Å². The van der Waals surface area contributed by atoms with Gasteiger partial charge in [0.2, 0.25) is 0 Å². The number of aromatic nitrogens is 3. The maximum absolute atomic E-state index is 4.63. The van der Waals surface area contributed by atoms with Crippen LogP contribution in [-0.4, -0.2) is 33.8 Å². The van der Waals surface area contributed by atoms with E-state index in [4.69, 9.17) is 0 Å². The predicted molar refractivity (Wildman–Crippen MR) is 117 cm³/mol. The third kappa shape index (κ3) is 5.17. The van der Waals surface area contributed by atoms with Crippen LogP contribution in [0.5, 0.6) is 0 Å². The number of guanidine groups is 1. The van der Waals surface area contributed by atoms with Crippen LogP contribution in [0.4, 0.5) is 0 Å². The van der Waals surface area contributed by atoms with Crippen LogP contribution in [0.2, 0.25) is 0 Å². The summed E-state index contributed by atoms with van der Waals surface area (Å²) in [6, 6.07) is 12.4. The molecule has 7 heteroatoms. The monoisotopic (exact) mass is 464 g/mol. The minimum absolute atomic E-state index is 0. The predicted octanol–water partition coefficient (Wildman–Crippen LogP) is 2.88. The molecular weight excluding hydrogens is 439 g/mol. The molecule has 6 nitrogen and oxygen atoms in total. The molecule has 2 N–H and O–H groups in total. The van der Waals surface area contributed by atoms with Crippen molar-refractivity contribution in [3.63, 3.8) is 0 Å². The van der Waals surface area contributed by atoms with E-state index in [1.54, 1.807) is 6.20 Å². The normalized spacial score (nSPS) is 11.2. The van der Waals surface area contributed by atoms with Gasteiger partial charge in [0, 0.05) is 37.9 Å². The second-order valence-corrected chi connectivity index (χ2v) is 5.81. The van der Waals surface area contributed by atoms with E-state index in [0.29, 0.717) is 6.54 Å². The molecule has 0 aliphatic rings. The molecule has 0 aliphatic carbocycles. The second kappa shape index (κ2) is 10.1. The number of benzene rings is 1. The van der Waals surface area contributed by atoms with Crippen LogP contribution in [0.25, 0.3) is 10.9 Å². The highest BCUT2D eigenvalue weighted by molar-refractivity contribution is 14.0. The molecule has 2 aromatic heterocycles. The van der Waals surface area contributed by atoms with Crippen molar-refractivity contribution in [1.29, 1.82) is 0 Å². The Hall–Kier alpha value is -2.16. The Bertz CT molecular complexity index is 853. The number of hydrogen-bond acceptors (Lipinski definition) is 3. The molecule has 3 aromatic rings. The highest BCUT2D eigenvalue weighted by atomic mass is 127. The van der Waals surface area contributed by atoms with E-state index in [-0.39, 0.29) is 24.0 Å². The lowest BCUT2D eigenvalue weighted by Crippen LogP contribution is -2.38. The molecule has 26 heavy (non-hydrogen) atoms. The molecule has 3 rings (SSSR count). The molecule has 0 aliphatic heterocycles. The molecule has 0 fully saturated rings. The van der Waals surface area contributed by atoms with Gasteiger partial charge in [-0.1, -0.05) is 24.3 Å². The Morgan fingerprint density at radius 2 is 1.96 bits per heavy atom. The molecule has 0 saturated heterocycles. The summed E-state index contributed by atoms with van der Waals surface area (Å²) >= 11 is 0. The molecule has 0 saturated carbocycles. The van der Waals surface area contributed by atoms with Gasteiger partial charge in [-0.25, -0.2) is 4.99 Å². The second-order valence-electron chi connectivity index (χ2n) is 5.81. The van der Waals surface area contributed by atoms with Gasteiger partial charge in [0.1, 0.15) is 0 Å². The van der Waals surface area contributed by atoms with E-state index in [0.717, 1.165) is 36.7 Å². The Labute approximate surface area is 171 Å². The first kappa shape index (κ1) is 20.2. The number of nitrogens with zero attached hydrogens (tertiary/aromatic N) is 4. The SMILES string of the molecule is CCNC(=NCc1ccnn1C)NCCc1cccc2cccnc12.I. The first-order valence-corrected chi connectivity index (χ1v) is 8.59. The van der Waals surface area contributed by atoms with Crippen molar-refractivity contribution in [2.75, 3.05) is 13.1 Å². The summed E-state index contributed by atoms with van der Waals surface area (Å²) in [5.74, 6) is 0.817. The molecule has 0 bridgehead atoms. The summed E-state index contributed by atoms with van der Waals surface area (Å²) in [7, 11) is 1.93. The van der Waals surface area contributed by atoms with E-state index < -0.39 is 0 Å². The molecule has 0 amide bonds. The van der Waals surface area contributed by atoms with E-state index in [1.807, 2.05) is 30.1 Å². The standard InChI is InChI=1S/C19H24N6.HI/c1-3-20-19(23-14-17-10-13-24-25(17)2)22-12-9-16-7-4-6-15-8-5-11-21-18(15)16;/h4-8,10-11,13H,3,9,12,14H2,1-2H3,(H2,20,22,23);1H. The van der Waals surface area contributed by atoms with E-state index >= 15 is 0 Å². The zero-order valence-corrected chi connectivity index (χ0v) is 17.5. The summed E-state index contributed by atoms with van der Waals surface area (Å²) in [5, 5.41) is 12.0. The fourth-order valence-corrected chi connectivity index (χ4v) is 2.74. The van der Waals surface area contributed by atoms with Gasteiger partial charge in [-0.2, -0.15) is 5.10 Å². The first-order chi connectivity index (χ1) is 12.3.